The molecule has 0 radical (unpaired) electrons. The monoisotopic (exact) mass is 366 g/mol. The van der Waals surface area contributed by atoms with Gasteiger partial charge in [0.1, 0.15) is 5.82 Å². The Morgan fingerprint density at radius 3 is 2.15 bits per heavy atom. The van der Waals surface area contributed by atoms with Gasteiger partial charge in [-0.25, -0.2) is 4.39 Å². The Balaban J connectivity index is 1.46. The van der Waals surface area contributed by atoms with E-state index in [1.54, 1.807) is 12.1 Å². The molecule has 2 heterocycles. The second-order valence-corrected chi connectivity index (χ2v) is 7.78. The summed E-state index contributed by atoms with van der Waals surface area (Å²) in [5.41, 5.74) is 2.32. The van der Waals surface area contributed by atoms with Crippen molar-refractivity contribution in [2.75, 3.05) is 26.2 Å². The average molecular weight is 366 g/mol. The standard InChI is InChI=1S/C23H27FN2O/c24-21-10-8-19(9-11-21)18-22(27)25-16-12-23(13-17-25,26-14-4-5-15-26)20-6-2-1-3-7-20/h1-3,6-11H,4-5,12-18H2. The van der Waals surface area contributed by atoms with Crippen molar-refractivity contribution in [1.82, 2.24) is 9.80 Å². The minimum Gasteiger partial charge on any atom is -0.342 e. The Morgan fingerprint density at radius 2 is 1.52 bits per heavy atom. The van der Waals surface area contributed by atoms with Gasteiger partial charge in [0.2, 0.25) is 5.91 Å². The zero-order chi connectivity index (χ0) is 18.7. The molecule has 27 heavy (non-hydrogen) atoms. The lowest BCUT2D eigenvalue weighted by Crippen LogP contribution is -2.53. The van der Waals surface area contributed by atoms with E-state index in [0.29, 0.717) is 6.42 Å². The molecule has 1 amide bonds. The van der Waals surface area contributed by atoms with E-state index in [0.717, 1.165) is 44.6 Å². The van der Waals surface area contributed by atoms with Gasteiger partial charge in [0.25, 0.3) is 0 Å². The maximum absolute atomic E-state index is 13.1. The normalized spacial score (nSPS) is 20.0. The van der Waals surface area contributed by atoms with Crippen LogP contribution in [-0.2, 0) is 16.8 Å². The fraction of sp³-hybridized carbons (Fsp3) is 0.435. The van der Waals surface area contributed by atoms with Crippen molar-refractivity contribution in [3.05, 3.63) is 71.5 Å². The first kappa shape index (κ1) is 18.2. The van der Waals surface area contributed by atoms with Gasteiger partial charge in [-0.2, -0.15) is 0 Å². The van der Waals surface area contributed by atoms with Crippen LogP contribution in [0, 0.1) is 5.82 Å². The summed E-state index contributed by atoms with van der Waals surface area (Å²) in [5, 5.41) is 0. The van der Waals surface area contributed by atoms with Crippen molar-refractivity contribution < 1.29 is 9.18 Å². The molecule has 2 aromatic carbocycles. The lowest BCUT2D eigenvalue weighted by atomic mass is 9.79. The topological polar surface area (TPSA) is 23.6 Å². The number of piperidine rings is 1. The van der Waals surface area contributed by atoms with Crippen LogP contribution in [0.25, 0.3) is 0 Å². The molecular weight excluding hydrogens is 339 g/mol. The number of rotatable bonds is 4. The zero-order valence-corrected chi connectivity index (χ0v) is 15.7. The van der Waals surface area contributed by atoms with Crippen LogP contribution in [0.3, 0.4) is 0 Å². The van der Waals surface area contributed by atoms with Crippen LogP contribution in [0.15, 0.2) is 54.6 Å². The molecule has 0 aliphatic carbocycles. The van der Waals surface area contributed by atoms with Crippen LogP contribution >= 0.6 is 0 Å². The molecule has 0 spiro atoms. The van der Waals surface area contributed by atoms with Crippen molar-refractivity contribution in [1.29, 1.82) is 0 Å². The summed E-state index contributed by atoms with van der Waals surface area (Å²) < 4.78 is 13.1. The summed E-state index contributed by atoms with van der Waals surface area (Å²) in [6.45, 7) is 3.87. The van der Waals surface area contributed by atoms with E-state index in [4.69, 9.17) is 0 Å². The number of benzene rings is 2. The summed E-state index contributed by atoms with van der Waals surface area (Å²) in [6, 6.07) is 17.1. The van der Waals surface area contributed by atoms with Gasteiger partial charge in [0.15, 0.2) is 0 Å². The smallest absolute Gasteiger partial charge is 0.226 e. The van der Waals surface area contributed by atoms with E-state index in [-0.39, 0.29) is 17.3 Å². The number of likely N-dealkylation sites (tertiary alicyclic amines) is 2. The number of amides is 1. The van der Waals surface area contributed by atoms with E-state index in [2.05, 4.69) is 35.2 Å². The number of nitrogens with zero attached hydrogens (tertiary/aromatic N) is 2. The fourth-order valence-electron chi connectivity index (χ4n) is 4.70. The summed E-state index contributed by atoms with van der Waals surface area (Å²) in [6.07, 6.45) is 4.84. The van der Waals surface area contributed by atoms with Gasteiger partial charge in [0, 0.05) is 18.6 Å². The molecule has 2 aliphatic rings. The van der Waals surface area contributed by atoms with Gasteiger partial charge in [-0.15, -0.1) is 0 Å². The third-order valence-corrected chi connectivity index (χ3v) is 6.23. The van der Waals surface area contributed by atoms with Gasteiger partial charge in [0.05, 0.1) is 6.42 Å². The highest BCUT2D eigenvalue weighted by molar-refractivity contribution is 5.78. The predicted molar refractivity (Wildman–Crippen MR) is 105 cm³/mol. The van der Waals surface area contributed by atoms with Crippen LogP contribution in [0.1, 0.15) is 36.8 Å². The van der Waals surface area contributed by atoms with Crippen molar-refractivity contribution in [2.24, 2.45) is 0 Å². The SMILES string of the molecule is O=C(Cc1ccc(F)cc1)N1CCC(c2ccccc2)(N2CCCC2)CC1. The number of halogens is 1. The van der Waals surface area contributed by atoms with E-state index in [9.17, 15) is 9.18 Å². The summed E-state index contributed by atoms with van der Waals surface area (Å²) >= 11 is 0. The van der Waals surface area contributed by atoms with E-state index in [1.165, 1.54) is 30.5 Å². The molecule has 4 heteroatoms. The van der Waals surface area contributed by atoms with Gasteiger partial charge >= 0.3 is 0 Å². The third kappa shape index (κ3) is 3.77. The molecular formula is C23H27FN2O. The molecule has 0 N–H and O–H groups in total. The lowest BCUT2D eigenvalue weighted by Gasteiger charge is -2.48. The second-order valence-electron chi connectivity index (χ2n) is 7.78. The molecule has 0 unspecified atom stereocenters. The minimum absolute atomic E-state index is 0.0599. The lowest BCUT2D eigenvalue weighted by molar-refractivity contribution is -0.133. The molecule has 2 aromatic rings. The Labute approximate surface area is 160 Å². The van der Waals surface area contributed by atoms with Gasteiger partial charge in [-0.1, -0.05) is 42.5 Å². The predicted octanol–water partition coefficient (Wildman–Crippen LogP) is 3.98. The Morgan fingerprint density at radius 1 is 0.889 bits per heavy atom. The van der Waals surface area contributed by atoms with Crippen LogP contribution < -0.4 is 0 Å². The highest BCUT2D eigenvalue weighted by Gasteiger charge is 2.42. The summed E-state index contributed by atoms with van der Waals surface area (Å²) in [5.74, 6) is -0.118. The quantitative estimate of drug-likeness (QED) is 0.817. The van der Waals surface area contributed by atoms with Gasteiger partial charge in [-0.05, 0) is 62.0 Å². The van der Waals surface area contributed by atoms with E-state index in [1.807, 2.05) is 4.90 Å². The molecule has 0 atom stereocenters. The average Bonchev–Trinajstić information content (AvgIpc) is 3.26. The summed E-state index contributed by atoms with van der Waals surface area (Å²) in [7, 11) is 0. The molecule has 2 aliphatic heterocycles. The van der Waals surface area contributed by atoms with E-state index >= 15 is 0 Å². The van der Waals surface area contributed by atoms with Gasteiger partial charge in [-0.3, -0.25) is 9.69 Å². The second kappa shape index (κ2) is 7.81. The summed E-state index contributed by atoms with van der Waals surface area (Å²) in [4.78, 5) is 17.4. The largest absolute Gasteiger partial charge is 0.342 e. The highest BCUT2D eigenvalue weighted by atomic mass is 19.1. The first-order chi connectivity index (χ1) is 13.2. The van der Waals surface area contributed by atoms with Crippen LogP contribution in [0.5, 0.6) is 0 Å². The van der Waals surface area contributed by atoms with Crippen molar-refractivity contribution in [3.8, 4) is 0 Å². The van der Waals surface area contributed by atoms with Gasteiger partial charge < -0.3 is 4.90 Å². The molecule has 142 valence electrons. The minimum atomic E-state index is -0.262. The molecule has 2 fully saturated rings. The Hall–Kier alpha value is -2.20. The van der Waals surface area contributed by atoms with Crippen LogP contribution in [0.2, 0.25) is 0 Å². The number of hydrogen-bond acceptors (Lipinski definition) is 2. The third-order valence-electron chi connectivity index (χ3n) is 6.23. The molecule has 0 aromatic heterocycles. The number of carbonyl (C=O) groups excluding carboxylic acids is 1. The number of hydrogen-bond donors (Lipinski definition) is 0. The zero-order valence-electron chi connectivity index (χ0n) is 15.7. The maximum atomic E-state index is 13.1. The first-order valence-electron chi connectivity index (χ1n) is 10.0. The Kier molecular flexibility index (Phi) is 5.26. The molecule has 3 nitrogen and oxygen atoms in total. The Bertz CT molecular complexity index is 761. The fourth-order valence-corrected chi connectivity index (χ4v) is 4.70. The molecule has 4 rings (SSSR count). The van der Waals surface area contributed by atoms with Crippen molar-refractivity contribution >= 4 is 5.91 Å². The molecule has 0 saturated carbocycles. The van der Waals surface area contributed by atoms with Crippen molar-refractivity contribution in [3.63, 3.8) is 0 Å². The van der Waals surface area contributed by atoms with Crippen LogP contribution in [-0.4, -0.2) is 41.9 Å². The van der Waals surface area contributed by atoms with E-state index < -0.39 is 0 Å². The highest BCUT2D eigenvalue weighted by Crippen LogP contribution is 2.40. The number of carbonyl (C=O) groups is 1. The first-order valence-corrected chi connectivity index (χ1v) is 10.0. The maximum Gasteiger partial charge on any atom is 0.226 e. The molecule has 0 bridgehead atoms. The molecule has 2 saturated heterocycles. The van der Waals surface area contributed by atoms with Crippen LogP contribution in [0.4, 0.5) is 4.39 Å². The van der Waals surface area contributed by atoms with Crippen molar-refractivity contribution in [2.45, 2.75) is 37.6 Å².